The highest BCUT2D eigenvalue weighted by atomic mass is 35.5. The highest BCUT2D eigenvalue weighted by Crippen LogP contribution is 2.40. The van der Waals surface area contributed by atoms with E-state index in [0.717, 1.165) is 5.47 Å². The number of alkyl halides is 3. The summed E-state index contributed by atoms with van der Waals surface area (Å²) < 4.78 is 49.3. The lowest BCUT2D eigenvalue weighted by Crippen LogP contribution is -2.28. The molecule has 6 nitrogen and oxygen atoms in total. The van der Waals surface area contributed by atoms with E-state index >= 15 is 0 Å². The van der Waals surface area contributed by atoms with Crippen LogP contribution in [0.4, 0.5) is 19.1 Å². The van der Waals surface area contributed by atoms with Crippen molar-refractivity contribution in [3.05, 3.63) is 64.1 Å². The Labute approximate surface area is 183 Å². The van der Waals surface area contributed by atoms with Crippen LogP contribution >= 0.6 is 11.6 Å². The van der Waals surface area contributed by atoms with Crippen LogP contribution in [0.5, 0.6) is 5.88 Å². The van der Waals surface area contributed by atoms with Crippen LogP contribution in [0.15, 0.2) is 36.5 Å². The lowest BCUT2D eigenvalue weighted by molar-refractivity contribution is -0.198. The Morgan fingerprint density at radius 3 is 2.55 bits per heavy atom. The number of aryl methyl sites for hydroxylation is 1. The number of hydrogen-bond donors (Lipinski definition) is 1. The monoisotopic (exact) mass is 449 g/mol. The molecule has 0 unspecified atom stereocenters. The standard InChI is InChI=1S/C20H20BClF3N5O/c1-4-14(21)16-11(3)18(28-19(26)27-16)31-17(20(23,24)25)13-6-5-12(22)9-15(13)30-8-7-10(2)29-30/h4-9,17H,21H2,1-3H3,(H2,26,27,28)/b14-4+/t17-/m1/s1. The number of nitrogens with two attached hydrogens (primary N) is 1. The third-order valence-electron chi connectivity index (χ3n) is 4.70. The lowest BCUT2D eigenvalue weighted by atomic mass is 9.90. The van der Waals surface area contributed by atoms with E-state index in [4.69, 9.17) is 22.1 Å². The average Bonchev–Trinajstić information content (AvgIpc) is 3.13. The maximum absolute atomic E-state index is 14.2. The molecule has 0 aliphatic heterocycles. The van der Waals surface area contributed by atoms with Gasteiger partial charge >= 0.3 is 6.18 Å². The highest BCUT2D eigenvalue weighted by Gasteiger charge is 2.45. The predicted octanol–water partition coefficient (Wildman–Crippen LogP) is 4.19. The Morgan fingerprint density at radius 1 is 1.26 bits per heavy atom. The Kier molecular flexibility index (Phi) is 6.31. The molecule has 0 aliphatic carbocycles. The minimum absolute atomic E-state index is 0.146. The molecular weight excluding hydrogens is 430 g/mol. The Hall–Kier alpha value is -3.01. The normalized spacial score (nSPS) is 13.3. The summed E-state index contributed by atoms with van der Waals surface area (Å²) in [5, 5.41) is 4.48. The zero-order valence-corrected chi connectivity index (χ0v) is 18.1. The van der Waals surface area contributed by atoms with E-state index in [9.17, 15) is 13.2 Å². The average molecular weight is 450 g/mol. The van der Waals surface area contributed by atoms with Gasteiger partial charge in [-0.15, -0.1) is 0 Å². The zero-order valence-electron chi connectivity index (χ0n) is 17.3. The Balaban J connectivity index is 2.16. The molecule has 1 aromatic carbocycles. The number of nitrogen functional groups attached to an aromatic ring is 1. The second-order valence-corrected chi connectivity index (χ2v) is 7.41. The van der Waals surface area contributed by atoms with Crippen molar-refractivity contribution < 1.29 is 17.9 Å². The van der Waals surface area contributed by atoms with Crippen molar-refractivity contribution in [2.24, 2.45) is 0 Å². The molecule has 3 rings (SSSR count). The van der Waals surface area contributed by atoms with Gasteiger partial charge in [-0.1, -0.05) is 29.2 Å². The van der Waals surface area contributed by atoms with E-state index in [1.807, 2.05) is 0 Å². The van der Waals surface area contributed by atoms with Crippen molar-refractivity contribution in [3.8, 4) is 11.6 Å². The molecule has 0 saturated heterocycles. The van der Waals surface area contributed by atoms with E-state index < -0.39 is 12.3 Å². The molecule has 2 heterocycles. The predicted molar refractivity (Wildman–Crippen MR) is 116 cm³/mol. The van der Waals surface area contributed by atoms with E-state index in [0.29, 0.717) is 17.0 Å². The van der Waals surface area contributed by atoms with Gasteiger partial charge in [0.1, 0.15) is 7.85 Å². The first kappa shape index (κ1) is 22.7. The first-order valence-electron chi connectivity index (χ1n) is 9.34. The number of nitrogens with zero attached hydrogens (tertiary/aromatic N) is 4. The van der Waals surface area contributed by atoms with Gasteiger partial charge < -0.3 is 10.5 Å². The molecule has 0 radical (unpaired) electrons. The lowest BCUT2D eigenvalue weighted by Gasteiger charge is -2.25. The number of allylic oxidation sites excluding steroid dienone is 1. The van der Waals surface area contributed by atoms with Crippen LogP contribution in [-0.2, 0) is 0 Å². The van der Waals surface area contributed by atoms with Crippen molar-refractivity contribution in [3.63, 3.8) is 0 Å². The molecule has 0 bridgehead atoms. The largest absolute Gasteiger partial charge is 0.459 e. The third kappa shape index (κ3) is 4.85. The second kappa shape index (κ2) is 8.62. The molecule has 0 saturated carbocycles. The van der Waals surface area contributed by atoms with Gasteiger partial charge in [0.2, 0.25) is 17.9 Å². The smallest absolute Gasteiger partial charge is 0.429 e. The number of halogens is 4. The minimum Gasteiger partial charge on any atom is -0.459 e. The summed E-state index contributed by atoms with van der Waals surface area (Å²) >= 11 is 6.06. The molecule has 11 heteroatoms. The summed E-state index contributed by atoms with van der Waals surface area (Å²) in [6.07, 6.45) is -3.76. The van der Waals surface area contributed by atoms with Crippen LogP contribution in [-0.4, -0.2) is 33.8 Å². The van der Waals surface area contributed by atoms with Crippen LogP contribution in [0, 0.1) is 13.8 Å². The maximum atomic E-state index is 14.2. The number of anilines is 1. The number of aromatic nitrogens is 4. The minimum atomic E-state index is -4.76. The molecule has 3 aromatic rings. The van der Waals surface area contributed by atoms with Crippen LogP contribution < -0.4 is 10.5 Å². The fraction of sp³-hybridized carbons (Fsp3) is 0.250. The third-order valence-corrected chi connectivity index (χ3v) is 4.93. The van der Waals surface area contributed by atoms with E-state index in [1.165, 1.54) is 22.9 Å². The molecule has 2 aromatic heterocycles. The fourth-order valence-corrected chi connectivity index (χ4v) is 3.22. The molecule has 0 fully saturated rings. The van der Waals surface area contributed by atoms with Crippen molar-refractivity contribution in [1.29, 1.82) is 0 Å². The summed E-state index contributed by atoms with van der Waals surface area (Å²) in [7, 11) is 1.77. The summed E-state index contributed by atoms with van der Waals surface area (Å²) in [5.74, 6) is -0.430. The topological polar surface area (TPSA) is 78.9 Å². The molecule has 1 atom stereocenters. The van der Waals surface area contributed by atoms with Crippen molar-refractivity contribution in [1.82, 2.24) is 19.7 Å². The van der Waals surface area contributed by atoms with Gasteiger partial charge in [0.25, 0.3) is 0 Å². The summed E-state index contributed by atoms with van der Waals surface area (Å²) in [6.45, 7) is 5.11. The highest BCUT2D eigenvalue weighted by molar-refractivity contribution is 6.42. The quantitative estimate of drug-likeness (QED) is 0.591. The SMILES string of the molecule is B/C(=C/C)c1nc(N)nc(O[C@H](c2ccc(Cl)cc2-n2ccc(C)n2)C(F)(F)F)c1C. The van der Waals surface area contributed by atoms with Crippen LogP contribution in [0.3, 0.4) is 0 Å². The van der Waals surface area contributed by atoms with Gasteiger partial charge in [-0.25, -0.2) is 9.67 Å². The van der Waals surface area contributed by atoms with Crippen LogP contribution in [0.2, 0.25) is 5.02 Å². The molecule has 31 heavy (non-hydrogen) atoms. The van der Waals surface area contributed by atoms with E-state index in [-0.39, 0.29) is 28.1 Å². The van der Waals surface area contributed by atoms with Gasteiger partial charge in [0, 0.05) is 22.3 Å². The molecule has 0 spiro atoms. The number of hydrogen-bond acceptors (Lipinski definition) is 5. The van der Waals surface area contributed by atoms with Gasteiger partial charge in [0.05, 0.1) is 17.1 Å². The molecule has 0 aliphatic rings. The van der Waals surface area contributed by atoms with Gasteiger partial charge in [0.15, 0.2) is 0 Å². The Morgan fingerprint density at radius 2 is 1.97 bits per heavy atom. The Bertz CT molecular complexity index is 1150. The number of ether oxygens (including phenoxy) is 1. The summed E-state index contributed by atoms with van der Waals surface area (Å²) in [6, 6.07) is 5.72. The van der Waals surface area contributed by atoms with Crippen molar-refractivity contribution in [2.75, 3.05) is 5.73 Å². The summed E-state index contributed by atoms with van der Waals surface area (Å²) in [4.78, 5) is 8.05. The van der Waals surface area contributed by atoms with Crippen LogP contribution in [0.1, 0.15) is 35.5 Å². The summed E-state index contributed by atoms with van der Waals surface area (Å²) in [5.41, 5.74) is 7.87. The zero-order chi connectivity index (χ0) is 22.9. The molecule has 162 valence electrons. The van der Waals surface area contributed by atoms with Crippen molar-refractivity contribution >= 4 is 30.9 Å². The molecule has 2 N–H and O–H groups in total. The van der Waals surface area contributed by atoms with Crippen molar-refractivity contribution in [2.45, 2.75) is 33.1 Å². The van der Waals surface area contributed by atoms with Gasteiger partial charge in [-0.3, -0.25) is 0 Å². The molecular formula is C20H20BClF3N5O. The van der Waals surface area contributed by atoms with Crippen LogP contribution in [0.25, 0.3) is 11.2 Å². The van der Waals surface area contributed by atoms with E-state index in [2.05, 4.69) is 15.1 Å². The number of benzene rings is 1. The fourth-order valence-electron chi connectivity index (χ4n) is 3.05. The second-order valence-electron chi connectivity index (χ2n) is 6.98. The maximum Gasteiger partial charge on any atom is 0.429 e. The number of rotatable bonds is 5. The first-order chi connectivity index (χ1) is 14.5. The van der Waals surface area contributed by atoms with Gasteiger partial charge in [-0.05, 0) is 39.0 Å². The molecule has 0 amide bonds. The first-order valence-corrected chi connectivity index (χ1v) is 9.72. The van der Waals surface area contributed by atoms with Gasteiger partial charge in [-0.2, -0.15) is 23.3 Å². The van der Waals surface area contributed by atoms with E-state index in [1.54, 1.807) is 47.0 Å².